The van der Waals surface area contributed by atoms with E-state index in [4.69, 9.17) is 5.11 Å². The highest BCUT2D eigenvalue weighted by Crippen LogP contribution is 2.29. The minimum absolute atomic E-state index is 0.335. The van der Waals surface area contributed by atoms with Crippen LogP contribution < -0.4 is 0 Å². The van der Waals surface area contributed by atoms with Crippen molar-refractivity contribution in [3.63, 3.8) is 0 Å². The third-order valence-corrected chi connectivity index (χ3v) is 3.48. The van der Waals surface area contributed by atoms with Gasteiger partial charge in [-0.15, -0.1) is 0 Å². The zero-order valence-corrected chi connectivity index (χ0v) is 10.1. The van der Waals surface area contributed by atoms with Gasteiger partial charge in [0.1, 0.15) is 0 Å². The van der Waals surface area contributed by atoms with Gasteiger partial charge in [0.2, 0.25) is 0 Å². The zero-order valence-electron chi connectivity index (χ0n) is 10.1. The van der Waals surface area contributed by atoms with Gasteiger partial charge in [-0.25, -0.2) is 0 Å². The lowest BCUT2D eigenvalue weighted by Gasteiger charge is -2.43. The van der Waals surface area contributed by atoms with Gasteiger partial charge in [0, 0.05) is 18.5 Å². The molecule has 1 N–H and O–H groups in total. The Morgan fingerprint density at radius 1 is 1.53 bits per heavy atom. The summed E-state index contributed by atoms with van der Waals surface area (Å²) in [5.74, 6) is -0.298. The number of piperidine rings is 1. The van der Waals surface area contributed by atoms with Crippen LogP contribution in [0.1, 0.15) is 46.5 Å². The second-order valence-electron chi connectivity index (χ2n) is 4.81. The van der Waals surface area contributed by atoms with Crippen molar-refractivity contribution in [1.29, 1.82) is 0 Å². The Balaban J connectivity index is 2.66. The summed E-state index contributed by atoms with van der Waals surface area (Å²) in [5, 5.41) is 8.89. The van der Waals surface area contributed by atoms with E-state index in [-0.39, 0.29) is 0 Å². The molecule has 1 aliphatic rings. The maximum atomic E-state index is 10.8. The quantitative estimate of drug-likeness (QED) is 0.779. The first-order valence-corrected chi connectivity index (χ1v) is 6.03. The van der Waals surface area contributed by atoms with E-state index >= 15 is 0 Å². The summed E-state index contributed by atoms with van der Waals surface area (Å²) in [5.41, 5.74) is 0. The van der Waals surface area contributed by atoms with E-state index in [1.54, 1.807) is 0 Å². The van der Waals surface area contributed by atoms with Gasteiger partial charge < -0.3 is 5.11 Å². The molecule has 0 bridgehead atoms. The molecule has 3 heteroatoms. The summed E-state index contributed by atoms with van der Waals surface area (Å²) in [6.07, 6.45) is 3.62. The number of carbonyl (C=O) groups is 1. The molecule has 0 aliphatic carbocycles. The summed E-state index contributed by atoms with van der Waals surface area (Å²) >= 11 is 0. The van der Waals surface area contributed by atoms with Crippen molar-refractivity contribution in [3.05, 3.63) is 0 Å². The van der Waals surface area contributed by atoms with Crippen molar-refractivity contribution in [2.45, 2.75) is 58.5 Å². The zero-order chi connectivity index (χ0) is 11.4. The first-order valence-electron chi connectivity index (χ1n) is 6.03. The predicted molar refractivity (Wildman–Crippen MR) is 60.9 cm³/mol. The normalized spacial score (nSPS) is 28.3. The third kappa shape index (κ3) is 3.20. The maximum Gasteiger partial charge on any atom is 0.303 e. The van der Waals surface area contributed by atoms with E-state index in [9.17, 15) is 4.79 Å². The molecule has 0 radical (unpaired) electrons. The van der Waals surface area contributed by atoms with Crippen LogP contribution in [-0.4, -0.2) is 34.6 Å². The number of carboxylic acids is 1. The molecule has 1 fully saturated rings. The number of rotatable bonds is 4. The summed E-state index contributed by atoms with van der Waals surface area (Å²) in [7, 11) is 0. The lowest BCUT2D eigenvalue weighted by atomic mass is 9.84. The summed E-state index contributed by atoms with van der Waals surface area (Å²) in [6.45, 7) is 7.70. The highest BCUT2D eigenvalue weighted by Gasteiger charge is 2.32. The molecule has 15 heavy (non-hydrogen) atoms. The fraction of sp³-hybridized carbons (Fsp3) is 0.917. The summed E-state index contributed by atoms with van der Waals surface area (Å²) in [4.78, 5) is 13.3. The first kappa shape index (κ1) is 12.5. The molecular formula is C12H23NO2. The Bertz CT molecular complexity index is 216. The van der Waals surface area contributed by atoms with E-state index in [0.717, 1.165) is 25.8 Å². The van der Waals surface area contributed by atoms with Gasteiger partial charge in [-0.1, -0.05) is 6.92 Å². The standard InChI is InChI=1S/C12H23NO2/c1-4-11-10(8-12(14)15)6-5-7-13(11)9(2)3/h9-11H,4-8H2,1-3H3,(H,14,15)/t10-,11-/m1/s1. The molecule has 2 atom stereocenters. The number of carboxylic acid groups (broad SMARTS) is 1. The van der Waals surface area contributed by atoms with Crippen LogP contribution in [0.15, 0.2) is 0 Å². The van der Waals surface area contributed by atoms with Crippen molar-refractivity contribution >= 4 is 5.97 Å². The number of likely N-dealkylation sites (tertiary alicyclic amines) is 1. The van der Waals surface area contributed by atoms with Gasteiger partial charge in [-0.05, 0) is 45.6 Å². The van der Waals surface area contributed by atoms with Crippen molar-refractivity contribution in [1.82, 2.24) is 4.90 Å². The number of hydrogen-bond acceptors (Lipinski definition) is 2. The second kappa shape index (κ2) is 5.50. The first-order chi connectivity index (χ1) is 7.06. The molecule has 88 valence electrons. The fourth-order valence-electron chi connectivity index (χ4n) is 2.84. The Morgan fingerprint density at radius 2 is 2.20 bits per heavy atom. The van der Waals surface area contributed by atoms with Gasteiger partial charge in [0.15, 0.2) is 0 Å². The van der Waals surface area contributed by atoms with E-state index in [1.807, 2.05) is 0 Å². The van der Waals surface area contributed by atoms with Crippen LogP contribution in [0.4, 0.5) is 0 Å². The Morgan fingerprint density at radius 3 is 2.67 bits per heavy atom. The molecule has 1 heterocycles. The van der Waals surface area contributed by atoms with Crippen molar-refractivity contribution in [2.75, 3.05) is 6.54 Å². The molecule has 0 amide bonds. The largest absolute Gasteiger partial charge is 0.481 e. The Labute approximate surface area is 92.5 Å². The lowest BCUT2D eigenvalue weighted by molar-refractivity contribution is -0.139. The van der Waals surface area contributed by atoms with Crippen LogP contribution in [0.25, 0.3) is 0 Å². The minimum Gasteiger partial charge on any atom is -0.481 e. The van der Waals surface area contributed by atoms with Crippen LogP contribution in [0.3, 0.4) is 0 Å². The van der Waals surface area contributed by atoms with Gasteiger partial charge in [-0.2, -0.15) is 0 Å². The van der Waals surface area contributed by atoms with Gasteiger partial charge >= 0.3 is 5.97 Å². The second-order valence-corrected chi connectivity index (χ2v) is 4.81. The fourth-order valence-corrected chi connectivity index (χ4v) is 2.84. The average Bonchev–Trinajstić information content (AvgIpc) is 2.16. The molecular weight excluding hydrogens is 190 g/mol. The van der Waals surface area contributed by atoms with Crippen LogP contribution in [-0.2, 0) is 4.79 Å². The highest BCUT2D eigenvalue weighted by molar-refractivity contribution is 5.67. The van der Waals surface area contributed by atoms with Gasteiger partial charge in [-0.3, -0.25) is 9.69 Å². The topological polar surface area (TPSA) is 40.5 Å². The van der Waals surface area contributed by atoms with Gasteiger partial charge in [0.05, 0.1) is 0 Å². The molecule has 0 spiro atoms. The monoisotopic (exact) mass is 213 g/mol. The Hall–Kier alpha value is -0.570. The van der Waals surface area contributed by atoms with E-state index in [0.29, 0.717) is 24.4 Å². The molecule has 1 rings (SSSR count). The molecule has 0 aromatic rings. The predicted octanol–water partition coefficient (Wildman–Crippen LogP) is 2.36. The molecule has 1 saturated heterocycles. The third-order valence-electron chi connectivity index (χ3n) is 3.48. The molecule has 0 unspecified atom stereocenters. The van der Waals surface area contributed by atoms with Crippen molar-refractivity contribution in [3.8, 4) is 0 Å². The maximum absolute atomic E-state index is 10.8. The molecule has 0 saturated carbocycles. The minimum atomic E-state index is -0.649. The molecule has 1 aliphatic heterocycles. The summed E-state index contributed by atoms with van der Waals surface area (Å²) in [6, 6.07) is 1.00. The van der Waals surface area contributed by atoms with E-state index < -0.39 is 5.97 Å². The van der Waals surface area contributed by atoms with Crippen molar-refractivity contribution in [2.24, 2.45) is 5.92 Å². The van der Waals surface area contributed by atoms with Crippen molar-refractivity contribution < 1.29 is 9.90 Å². The van der Waals surface area contributed by atoms with Crippen LogP contribution in [0, 0.1) is 5.92 Å². The van der Waals surface area contributed by atoms with Crippen LogP contribution >= 0.6 is 0 Å². The number of hydrogen-bond donors (Lipinski definition) is 1. The molecule has 0 aromatic carbocycles. The SMILES string of the molecule is CC[C@@H]1[C@@H](CC(=O)O)CCCN1C(C)C. The molecule has 0 aromatic heterocycles. The van der Waals surface area contributed by atoms with Crippen LogP contribution in [0.5, 0.6) is 0 Å². The Kier molecular flexibility index (Phi) is 4.58. The lowest BCUT2D eigenvalue weighted by Crippen LogP contribution is -2.48. The molecule has 3 nitrogen and oxygen atoms in total. The average molecular weight is 213 g/mol. The van der Waals surface area contributed by atoms with E-state index in [1.165, 1.54) is 0 Å². The van der Waals surface area contributed by atoms with E-state index in [2.05, 4.69) is 25.7 Å². The van der Waals surface area contributed by atoms with Crippen LogP contribution in [0.2, 0.25) is 0 Å². The van der Waals surface area contributed by atoms with Gasteiger partial charge in [0.25, 0.3) is 0 Å². The summed E-state index contributed by atoms with van der Waals surface area (Å²) < 4.78 is 0. The highest BCUT2D eigenvalue weighted by atomic mass is 16.4. The number of aliphatic carboxylic acids is 1. The smallest absolute Gasteiger partial charge is 0.303 e. The number of nitrogens with zero attached hydrogens (tertiary/aromatic N) is 1.